The molecule has 0 saturated heterocycles. The van der Waals surface area contributed by atoms with E-state index < -0.39 is 0 Å². The zero-order valence-electron chi connectivity index (χ0n) is 7.61. The van der Waals surface area contributed by atoms with Gasteiger partial charge in [0.25, 0.3) is 0 Å². The Kier molecular flexibility index (Phi) is 1.72. The summed E-state index contributed by atoms with van der Waals surface area (Å²) in [6, 6.07) is 0. The van der Waals surface area contributed by atoms with E-state index in [1.165, 1.54) is 10.9 Å². The molecule has 0 heterocycles. The zero-order valence-corrected chi connectivity index (χ0v) is 9.20. The largest absolute Gasteiger partial charge is 0.376 e. The van der Waals surface area contributed by atoms with Crippen LogP contribution in [0.1, 0.15) is 6.42 Å². The van der Waals surface area contributed by atoms with Crippen molar-refractivity contribution < 1.29 is 4.74 Å². The normalized spacial score (nSPS) is 51.2. The summed E-state index contributed by atoms with van der Waals surface area (Å²) in [6.45, 7) is 0. The maximum Gasteiger partial charge on any atom is 0.0922 e. The van der Waals surface area contributed by atoms with Crippen LogP contribution in [0, 0.1) is 23.7 Å². The van der Waals surface area contributed by atoms with Crippen LogP contribution in [0.3, 0.4) is 0 Å². The molecule has 13 heavy (non-hydrogen) atoms. The van der Waals surface area contributed by atoms with E-state index in [1.807, 2.05) is 7.11 Å². The Morgan fingerprint density at radius 1 is 1.38 bits per heavy atom. The van der Waals surface area contributed by atoms with Gasteiger partial charge in [-0.3, -0.25) is 0 Å². The fraction of sp³-hybridized carbons (Fsp3) is 0.636. The van der Waals surface area contributed by atoms with Gasteiger partial charge in [-0.2, -0.15) is 0 Å². The lowest BCUT2D eigenvalue weighted by Gasteiger charge is -2.25. The first-order valence-electron chi connectivity index (χ1n) is 4.89. The molecule has 2 bridgehead atoms. The molecule has 0 amide bonds. The first kappa shape index (κ1) is 8.25. The summed E-state index contributed by atoms with van der Waals surface area (Å²) in [7, 11) is 1.82. The van der Waals surface area contributed by atoms with Crippen LogP contribution in [0.4, 0.5) is 0 Å². The smallest absolute Gasteiger partial charge is 0.0922 e. The van der Waals surface area contributed by atoms with Crippen LogP contribution < -0.4 is 0 Å². The molecule has 0 radical (unpaired) electrons. The average molecular weight is 241 g/mol. The van der Waals surface area contributed by atoms with Crippen molar-refractivity contribution in [1.82, 2.24) is 0 Å². The Morgan fingerprint density at radius 2 is 2.15 bits per heavy atom. The van der Waals surface area contributed by atoms with Crippen molar-refractivity contribution in [3.63, 3.8) is 0 Å². The first-order chi connectivity index (χ1) is 6.31. The number of hydrogen-bond donors (Lipinski definition) is 0. The number of rotatable bonds is 1. The summed E-state index contributed by atoms with van der Waals surface area (Å²) in [5, 5.41) is 0. The maximum absolute atomic E-state index is 5.54. The molecule has 5 atom stereocenters. The number of hydrogen-bond acceptors (Lipinski definition) is 1. The highest BCUT2D eigenvalue weighted by Crippen LogP contribution is 2.55. The van der Waals surface area contributed by atoms with Crippen LogP contribution in [0.5, 0.6) is 0 Å². The van der Waals surface area contributed by atoms with E-state index in [1.54, 1.807) is 0 Å². The number of ether oxygens (including phenoxy) is 1. The molecule has 70 valence electrons. The van der Waals surface area contributed by atoms with E-state index in [9.17, 15) is 0 Å². The number of methoxy groups -OCH3 is 1. The van der Waals surface area contributed by atoms with Gasteiger partial charge < -0.3 is 4.74 Å². The summed E-state index contributed by atoms with van der Waals surface area (Å²) >= 11 is 3.61. The van der Waals surface area contributed by atoms with Crippen molar-refractivity contribution in [2.75, 3.05) is 7.11 Å². The summed E-state index contributed by atoms with van der Waals surface area (Å²) in [4.78, 5) is 0. The highest BCUT2D eigenvalue weighted by Gasteiger charge is 2.51. The molecule has 0 spiro atoms. The van der Waals surface area contributed by atoms with Crippen molar-refractivity contribution in [3.8, 4) is 0 Å². The lowest BCUT2D eigenvalue weighted by Crippen LogP contribution is -2.26. The van der Waals surface area contributed by atoms with E-state index in [-0.39, 0.29) is 0 Å². The molecule has 3 aliphatic carbocycles. The van der Waals surface area contributed by atoms with Crippen molar-refractivity contribution in [1.29, 1.82) is 0 Å². The van der Waals surface area contributed by atoms with E-state index in [4.69, 9.17) is 4.74 Å². The SMILES string of the molecule is CO[C@@H]1C(Br)=C[C@H]2[C@@H]1[C@H]1C=C[C@H]2C1. The van der Waals surface area contributed by atoms with E-state index in [0.717, 1.165) is 23.7 Å². The van der Waals surface area contributed by atoms with E-state index in [2.05, 4.69) is 34.2 Å². The van der Waals surface area contributed by atoms with Crippen LogP contribution >= 0.6 is 15.9 Å². The second-order valence-corrected chi connectivity index (χ2v) is 5.23. The maximum atomic E-state index is 5.54. The Bertz CT molecular complexity index is 294. The molecule has 1 nitrogen and oxygen atoms in total. The van der Waals surface area contributed by atoms with Gasteiger partial charge >= 0.3 is 0 Å². The first-order valence-corrected chi connectivity index (χ1v) is 5.69. The van der Waals surface area contributed by atoms with Crippen LogP contribution in [0.2, 0.25) is 0 Å². The molecule has 0 aromatic rings. The number of allylic oxidation sites excluding steroid dienone is 3. The predicted molar refractivity (Wildman–Crippen MR) is 55.5 cm³/mol. The second kappa shape index (κ2) is 2.71. The quantitative estimate of drug-likeness (QED) is 0.641. The Labute approximate surface area is 87.0 Å². The van der Waals surface area contributed by atoms with Gasteiger partial charge in [-0.1, -0.05) is 34.2 Å². The summed E-state index contributed by atoms with van der Waals surface area (Å²) in [5.41, 5.74) is 0. The second-order valence-electron chi connectivity index (χ2n) is 4.31. The van der Waals surface area contributed by atoms with E-state index >= 15 is 0 Å². The van der Waals surface area contributed by atoms with Crippen molar-refractivity contribution in [3.05, 3.63) is 22.7 Å². The van der Waals surface area contributed by atoms with Gasteiger partial charge in [0.05, 0.1) is 6.10 Å². The lowest BCUT2D eigenvalue weighted by atomic mass is 9.84. The van der Waals surface area contributed by atoms with Crippen LogP contribution in [0.15, 0.2) is 22.7 Å². The van der Waals surface area contributed by atoms with Crippen molar-refractivity contribution >= 4 is 15.9 Å². The average Bonchev–Trinajstić information content (AvgIpc) is 2.72. The fourth-order valence-corrected chi connectivity index (χ4v) is 4.09. The molecule has 2 heteroatoms. The molecule has 1 saturated carbocycles. The monoisotopic (exact) mass is 240 g/mol. The van der Waals surface area contributed by atoms with Crippen LogP contribution in [0.25, 0.3) is 0 Å². The molecule has 3 rings (SSSR count). The Morgan fingerprint density at radius 3 is 2.92 bits per heavy atom. The predicted octanol–water partition coefficient (Wildman–Crippen LogP) is 2.73. The molecular formula is C11H13BrO. The minimum Gasteiger partial charge on any atom is -0.376 e. The lowest BCUT2D eigenvalue weighted by molar-refractivity contribution is 0.0747. The van der Waals surface area contributed by atoms with Gasteiger partial charge in [-0.05, 0) is 24.2 Å². The van der Waals surface area contributed by atoms with Gasteiger partial charge in [-0.15, -0.1) is 0 Å². The molecule has 0 aliphatic heterocycles. The Balaban J connectivity index is 1.97. The summed E-state index contributed by atoms with van der Waals surface area (Å²) in [6.07, 6.45) is 8.82. The summed E-state index contributed by atoms with van der Waals surface area (Å²) in [5.74, 6) is 3.03. The molecule has 0 unspecified atom stereocenters. The fourth-order valence-electron chi connectivity index (χ4n) is 3.29. The molecule has 0 N–H and O–H groups in total. The topological polar surface area (TPSA) is 9.23 Å². The van der Waals surface area contributed by atoms with Crippen LogP contribution in [-0.2, 0) is 4.74 Å². The van der Waals surface area contributed by atoms with Gasteiger partial charge in [0.15, 0.2) is 0 Å². The van der Waals surface area contributed by atoms with Crippen molar-refractivity contribution in [2.45, 2.75) is 12.5 Å². The highest BCUT2D eigenvalue weighted by molar-refractivity contribution is 9.11. The molecule has 0 aromatic heterocycles. The molecule has 3 aliphatic rings. The molecule has 1 fully saturated rings. The zero-order chi connectivity index (χ0) is 9.00. The number of halogens is 1. The standard InChI is InChI=1S/C11H13BrO/c1-13-11-9(12)5-8-6-2-3-7(4-6)10(8)11/h2-3,5-8,10-11H,4H2,1H3/t6-,7-,8+,10-,11+/m0/s1. The van der Waals surface area contributed by atoms with Gasteiger partial charge in [0, 0.05) is 17.5 Å². The van der Waals surface area contributed by atoms with Crippen molar-refractivity contribution in [2.24, 2.45) is 23.7 Å². The van der Waals surface area contributed by atoms with Gasteiger partial charge in [-0.25, -0.2) is 0 Å². The van der Waals surface area contributed by atoms with Gasteiger partial charge in [0.2, 0.25) is 0 Å². The summed E-state index contributed by atoms with van der Waals surface area (Å²) < 4.78 is 6.81. The third kappa shape index (κ3) is 0.962. The highest BCUT2D eigenvalue weighted by atomic mass is 79.9. The van der Waals surface area contributed by atoms with E-state index in [0.29, 0.717) is 6.10 Å². The van der Waals surface area contributed by atoms with Gasteiger partial charge in [0.1, 0.15) is 0 Å². The minimum atomic E-state index is 0.324. The Hall–Kier alpha value is -0.0800. The molecule has 0 aromatic carbocycles. The number of fused-ring (bicyclic) bond motifs is 5. The minimum absolute atomic E-state index is 0.324. The molecular weight excluding hydrogens is 228 g/mol. The third-order valence-electron chi connectivity index (χ3n) is 3.81. The third-order valence-corrected chi connectivity index (χ3v) is 4.53. The van der Waals surface area contributed by atoms with Crippen LogP contribution in [-0.4, -0.2) is 13.2 Å².